The lowest BCUT2D eigenvalue weighted by atomic mass is 9.74. The van der Waals surface area contributed by atoms with E-state index in [9.17, 15) is 0 Å². The summed E-state index contributed by atoms with van der Waals surface area (Å²) in [5.41, 5.74) is 3.55. The molecule has 0 aliphatic carbocycles. The molecule has 1 heterocycles. The first-order valence-corrected chi connectivity index (χ1v) is 11.0. The van der Waals surface area contributed by atoms with Crippen molar-refractivity contribution in [1.82, 2.24) is 10.6 Å². The molecule has 0 radical (unpaired) electrons. The number of hydrogen-bond acceptors (Lipinski definition) is 4. The Bertz CT molecular complexity index is 859. The zero-order chi connectivity index (χ0) is 22.1. The Labute approximate surface area is 186 Å². The molecule has 2 aromatic rings. The van der Waals surface area contributed by atoms with E-state index in [0.717, 1.165) is 62.2 Å². The first-order chi connectivity index (χ1) is 15.1. The van der Waals surface area contributed by atoms with E-state index in [1.807, 2.05) is 18.2 Å². The second kappa shape index (κ2) is 11.0. The quantitative estimate of drug-likeness (QED) is 0.497. The van der Waals surface area contributed by atoms with Crippen molar-refractivity contribution in [1.29, 1.82) is 0 Å². The van der Waals surface area contributed by atoms with Crippen molar-refractivity contribution in [2.45, 2.75) is 38.6 Å². The summed E-state index contributed by atoms with van der Waals surface area (Å²) in [6, 6.07) is 14.6. The van der Waals surface area contributed by atoms with Gasteiger partial charge >= 0.3 is 0 Å². The summed E-state index contributed by atoms with van der Waals surface area (Å²) in [5.74, 6) is 2.56. The van der Waals surface area contributed by atoms with E-state index < -0.39 is 0 Å². The van der Waals surface area contributed by atoms with Gasteiger partial charge in [0.2, 0.25) is 0 Å². The smallest absolute Gasteiger partial charge is 0.191 e. The number of nitrogens with one attached hydrogen (secondary N) is 2. The lowest BCUT2D eigenvalue weighted by molar-refractivity contribution is 0.0513. The van der Waals surface area contributed by atoms with Gasteiger partial charge in [-0.3, -0.25) is 0 Å². The molecule has 31 heavy (non-hydrogen) atoms. The zero-order valence-electron chi connectivity index (χ0n) is 19.2. The third-order valence-electron chi connectivity index (χ3n) is 5.94. The van der Waals surface area contributed by atoms with Crippen molar-refractivity contribution in [3.63, 3.8) is 0 Å². The molecular formula is C25H35N3O3. The third kappa shape index (κ3) is 5.91. The Balaban J connectivity index is 1.76. The van der Waals surface area contributed by atoms with Gasteiger partial charge < -0.3 is 24.8 Å². The summed E-state index contributed by atoms with van der Waals surface area (Å²) < 4.78 is 16.5. The molecular weight excluding hydrogens is 390 g/mol. The van der Waals surface area contributed by atoms with E-state index in [-0.39, 0.29) is 5.41 Å². The molecule has 1 saturated heterocycles. The molecule has 168 valence electrons. The van der Waals surface area contributed by atoms with Crippen LogP contribution < -0.4 is 20.1 Å². The number of aliphatic imine (C=N–C) groups is 1. The van der Waals surface area contributed by atoms with E-state index in [0.29, 0.717) is 6.54 Å². The highest BCUT2D eigenvalue weighted by molar-refractivity contribution is 5.80. The third-order valence-corrected chi connectivity index (χ3v) is 5.94. The van der Waals surface area contributed by atoms with Crippen LogP contribution in [0.3, 0.4) is 0 Å². The van der Waals surface area contributed by atoms with Gasteiger partial charge in [-0.05, 0) is 56.0 Å². The number of ether oxygens (including phenoxy) is 3. The number of aryl methyl sites for hydroxylation is 1. The molecule has 3 rings (SSSR count). The van der Waals surface area contributed by atoms with E-state index in [4.69, 9.17) is 19.2 Å². The van der Waals surface area contributed by atoms with Crippen LogP contribution in [0.25, 0.3) is 0 Å². The highest BCUT2D eigenvalue weighted by atomic mass is 16.5. The van der Waals surface area contributed by atoms with Crippen LogP contribution in [0.15, 0.2) is 47.5 Å². The topological polar surface area (TPSA) is 64.1 Å². The van der Waals surface area contributed by atoms with Gasteiger partial charge in [0.05, 0.1) is 20.8 Å². The number of rotatable bonds is 8. The Kier molecular flexibility index (Phi) is 8.18. The lowest BCUT2D eigenvalue weighted by Gasteiger charge is -2.38. The number of guanidine groups is 1. The minimum atomic E-state index is 0.00224. The number of benzene rings is 2. The van der Waals surface area contributed by atoms with Crippen LogP contribution in [-0.4, -0.2) is 46.5 Å². The maximum Gasteiger partial charge on any atom is 0.191 e. The van der Waals surface area contributed by atoms with Gasteiger partial charge in [-0.2, -0.15) is 0 Å². The molecule has 0 spiro atoms. The van der Waals surface area contributed by atoms with Crippen LogP contribution in [0.2, 0.25) is 0 Å². The Morgan fingerprint density at radius 3 is 2.42 bits per heavy atom. The Morgan fingerprint density at radius 2 is 1.77 bits per heavy atom. The van der Waals surface area contributed by atoms with Gasteiger partial charge in [-0.15, -0.1) is 0 Å². The maximum atomic E-state index is 5.67. The molecule has 2 N–H and O–H groups in total. The van der Waals surface area contributed by atoms with E-state index in [1.54, 1.807) is 14.2 Å². The van der Waals surface area contributed by atoms with Crippen molar-refractivity contribution in [2.24, 2.45) is 4.99 Å². The fourth-order valence-electron chi connectivity index (χ4n) is 4.02. The predicted molar refractivity (Wildman–Crippen MR) is 125 cm³/mol. The van der Waals surface area contributed by atoms with Crippen LogP contribution in [0, 0.1) is 6.92 Å². The second-order valence-corrected chi connectivity index (χ2v) is 7.99. The van der Waals surface area contributed by atoms with E-state index >= 15 is 0 Å². The lowest BCUT2D eigenvalue weighted by Crippen LogP contribution is -2.48. The number of nitrogens with zero attached hydrogens (tertiary/aromatic N) is 1. The Morgan fingerprint density at radius 1 is 1.03 bits per heavy atom. The minimum Gasteiger partial charge on any atom is -0.497 e. The SMILES string of the molecule is CCNC(=NCc1ccc(C)cc1OC)NCC1(c2ccc(OC)cc2)CCOCC1. The van der Waals surface area contributed by atoms with Crippen molar-refractivity contribution in [3.8, 4) is 11.5 Å². The molecule has 0 saturated carbocycles. The van der Waals surface area contributed by atoms with Crippen molar-refractivity contribution in [3.05, 3.63) is 59.2 Å². The number of hydrogen-bond donors (Lipinski definition) is 2. The molecule has 0 bridgehead atoms. The molecule has 0 unspecified atom stereocenters. The molecule has 6 nitrogen and oxygen atoms in total. The summed E-state index contributed by atoms with van der Waals surface area (Å²) >= 11 is 0. The molecule has 2 aromatic carbocycles. The molecule has 1 aliphatic rings. The van der Waals surface area contributed by atoms with Crippen LogP contribution >= 0.6 is 0 Å². The molecule has 6 heteroatoms. The van der Waals surface area contributed by atoms with E-state index in [2.05, 4.69) is 48.7 Å². The van der Waals surface area contributed by atoms with Gasteiger partial charge in [0.25, 0.3) is 0 Å². The van der Waals surface area contributed by atoms with Crippen LogP contribution in [0.4, 0.5) is 0 Å². The van der Waals surface area contributed by atoms with Crippen LogP contribution in [0.1, 0.15) is 36.5 Å². The first kappa shape index (κ1) is 22.9. The molecule has 0 aromatic heterocycles. The summed E-state index contributed by atoms with van der Waals surface area (Å²) in [6.07, 6.45) is 1.94. The molecule has 1 fully saturated rings. The molecule has 0 amide bonds. The maximum absolute atomic E-state index is 5.67. The normalized spacial score (nSPS) is 15.9. The van der Waals surface area contributed by atoms with Gasteiger partial charge in [-0.1, -0.05) is 24.3 Å². The fourth-order valence-corrected chi connectivity index (χ4v) is 4.02. The largest absolute Gasteiger partial charge is 0.497 e. The van der Waals surface area contributed by atoms with E-state index in [1.165, 1.54) is 11.1 Å². The fraction of sp³-hybridized carbons (Fsp3) is 0.480. The zero-order valence-corrected chi connectivity index (χ0v) is 19.2. The molecule has 1 aliphatic heterocycles. The summed E-state index contributed by atoms with van der Waals surface area (Å²) in [4.78, 5) is 4.82. The average molecular weight is 426 g/mol. The van der Waals surface area contributed by atoms with Gasteiger partial charge in [0.15, 0.2) is 5.96 Å². The van der Waals surface area contributed by atoms with Crippen molar-refractivity contribution in [2.75, 3.05) is 40.5 Å². The summed E-state index contributed by atoms with van der Waals surface area (Å²) in [5, 5.41) is 6.96. The highest BCUT2D eigenvalue weighted by Gasteiger charge is 2.34. The van der Waals surface area contributed by atoms with Gasteiger partial charge in [-0.25, -0.2) is 4.99 Å². The summed E-state index contributed by atoms with van der Waals surface area (Å²) in [7, 11) is 3.40. The summed E-state index contributed by atoms with van der Waals surface area (Å²) in [6.45, 7) is 7.82. The van der Waals surface area contributed by atoms with Crippen LogP contribution in [-0.2, 0) is 16.7 Å². The van der Waals surface area contributed by atoms with Crippen LogP contribution in [0.5, 0.6) is 11.5 Å². The van der Waals surface area contributed by atoms with Crippen molar-refractivity contribution >= 4 is 5.96 Å². The monoisotopic (exact) mass is 425 g/mol. The standard InChI is InChI=1S/C25H35N3O3/c1-5-26-24(27-17-20-7-6-19(2)16-23(20)30-4)28-18-25(12-14-31-15-13-25)21-8-10-22(29-3)11-9-21/h6-11,16H,5,12-15,17-18H2,1-4H3,(H2,26,27,28). The second-order valence-electron chi connectivity index (χ2n) is 7.99. The predicted octanol–water partition coefficient (Wildman–Crippen LogP) is 3.82. The molecule has 0 atom stereocenters. The van der Waals surface area contributed by atoms with Gasteiger partial charge in [0, 0.05) is 37.3 Å². The average Bonchev–Trinajstić information content (AvgIpc) is 2.82. The first-order valence-electron chi connectivity index (χ1n) is 11.0. The van der Waals surface area contributed by atoms with Gasteiger partial charge in [0.1, 0.15) is 11.5 Å². The van der Waals surface area contributed by atoms with Crippen molar-refractivity contribution < 1.29 is 14.2 Å². The number of methoxy groups -OCH3 is 2. The highest BCUT2D eigenvalue weighted by Crippen LogP contribution is 2.35. The Hall–Kier alpha value is -2.73. The minimum absolute atomic E-state index is 0.00224.